The Morgan fingerprint density at radius 3 is 2.48 bits per heavy atom. The summed E-state index contributed by atoms with van der Waals surface area (Å²) in [4.78, 5) is 10.8. The number of nitrogens with zero attached hydrogens (tertiary/aromatic N) is 1. The minimum atomic E-state index is -0.818. The summed E-state index contributed by atoms with van der Waals surface area (Å²) < 4.78 is 6.52. The van der Waals surface area contributed by atoms with Gasteiger partial charge in [0.25, 0.3) is 0 Å². The molecule has 1 fully saturated rings. The number of hydrogen-bond acceptors (Lipinski definition) is 4. The number of benzene rings is 1. The minimum Gasteiger partial charge on any atom is -0.483 e. The van der Waals surface area contributed by atoms with Crippen LogP contribution < -0.4 is 4.74 Å². The first-order valence-corrected chi connectivity index (χ1v) is 8.11. The van der Waals surface area contributed by atoms with Crippen LogP contribution in [0.1, 0.15) is 57.1 Å². The largest absolute Gasteiger partial charge is 0.483 e. The van der Waals surface area contributed by atoms with Gasteiger partial charge in [-0.15, -0.1) is 0 Å². The average Bonchev–Trinajstić information content (AvgIpc) is 2.68. The van der Waals surface area contributed by atoms with Crippen molar-refractivity contribution in [2.24, 2.45) is 0 Å². The first kappa shape index (κ1) is 16.2. The van der Waals surface area contributed by atoms with Crippen LogP contribution in [0.2, 0.25) is 0 Å². The van der Waals surface area contributed by atoms with E-state index in [2.05, 4.69) is 15.9 Å². The van der Waals surface area contributed by atoms with Gasteiger partial charge in [-0.1, -0.05) is 28.8 Å². The molecule has 1 atom stereocenters. The van der Waals surface area contributed by atoms with Crippen LogP contribution >= 0.6 is 15.9 Å². The third-order valence-electron chi connectivity index (χ3n) is 3.80. The molecule has 0 aromatic heterocycles. The normalized spacial score (nSPS) is 18.0. The molecule has 1 unspecified atom stereocenters. The third kappa shape index (κ3) is 4.17. The lowest BCUT2D eigenvalue weighted by Crippen LogP contribution is -2.17. The molecular formula is C15H20BrNO4. The van der Waals surface area contributed by atoms with Crippen molar-refractivity contribution < 1.29 is 14.8 Å². The van der Waals surface area contributed by atoms with E-state index in [-0.39, 0.29) is 17.5 Å². The number of nitro benzene ring substituents is 1. The summed E-state index contributed by atoms with van der Waals surface area (Å²) in [5.74, 6) is 0.213. The monoisotopic (exact) mass is 357 g/mol. The summed E-state index contributed by atoms with van der Waals surface area (Å²) >= 11 is 3.25. The van der Waals surface area contributed by atoms with Crippen molar-refractivity contribution in [2.45, 2.75) is 57.7 Å². The van der Waals surface area contributed by atoms with E-state index in [4.69, 9.17) is 4.74 Å². The zero-order valence-corrected chi connectivity index (χ0v) is 13.6. The van der Waals surface area contributed by atoms with Crippen LogP contribution in [0.4, 0.5) is 5.69 Å². The van der Waals surface area contributed by atoms with E-state index >= 15 is 0 Å². The number of halogens is 1. The molecule has 0 saturated heterocycles. The Balaban J connectivity index is 2.36. The van der Waals surface area contributed by atoms with Gasteiger partial charge in [0.2, 0.25) is 5.75 Å². The van der Waals surface area contributed by atoms with Gasteiger partial charge in [-0.2, -0.15) is 0 Å². The molecule has 0 radical (unpaired) electrons. The lowest BCUT2D eigenvalue weighted by molar-refractivity contribution is -0.386. The number of hydrogen-bond donors (Lipinski definition) is 1. The molecule has 0 heterocycles. The van der Waals surface area contributed by atoms with E-state index in [9.17, 15) is 15.2 Å². The van der Waals surface area contributed by atoms with Gasteiger partial charge in [0.15, 0.2) is 0 Å². The lowest BCUT2D eigenvalue weighted by Gasteiger charge is -2.20. The fraction of sp³-hybridized carbons (Fsp3) is 0.600. The van der Waals surface area contributed by atoms with E-state index in [1.165, 1.54) is 18.9 Å². The summed E-state index contributed by atoms with van der Waals surface area (Å²) in [6.07, 6.45) is 5.53. The Kier molecular flexibility index (Phi) is 5.58. The molecular weight excluding hydrogens is 338 g/mol. The summed E-state index contributed by atoms with van der Waals surface area (Å²) in [5.41, 5.74) is 0.366. The molecule has 5 nitrogen and oxygen atoms in total. The Hall–Kier alpha value is -1.14. The van der Waals surface area contributed by atoms with E-state index in [0.29, 0.717) is 10.0 Å². The molecule has 1 aliphatic carbocycles. The fourth-order valence-electron chi connectivity index (χ4n) is 2.70. The van der Waals surface area contributed by atoms with Crippen LogP contribution in [0, 0.1) is 10.1 Å². The van der Waals surface area contributed by atoms with Crippen LogP contribution in [-0.2, 0) is 0 Å². The summed E-state index contributed by atoms with van der Waals surface area (Å²) in [7, 11) is 0. The van der Waals surface area contributed by atoms with Gasteiger partial charge in [0, 0.05) is 16.1 Å². The maximum Gasteiger partial charge on any atom is 0.312 e. The highest BCUT2D eigenvalue weighted by Gasteiger charge is 2.26. The Labute approximate surface area is 132 Å². The maximum absolute atomic E-state index is 11.3. The highest BCUT2D eigenvalue weighted by atomic mass is 79.9. The van der Waals surface area contributed by atoms with Crippen molar-refractivity contribution in [2.75, 3.05) is 0 Å². The fourth-order valence-corrected chi connectivity index (χ4v) is 3.16. The minimum absolute atomic E-state index is 0.00937. The molecule has 0 amide bonds. The third-order valence-corrected chi connectivity index (χ3v) is 4.25. The van der Waals surface area contributed by atoms with Crippen LogP contribution in [0.25, 0.3) is 0 Å². The van der Waals surface area contributed by atoms with E-state index in [0.717, 1.165) is 25.7 Å². The summed E-state index contributed by atoms with van der Waals surface area (Å²) in [5, 5.41) is 21.2. The van der Waals surface area contributed by atoms with Crippen molar-refractivity contribution in [1.29, 1.82) is 0 Å². The topological polar surface area (TPSA) is 72.6 Å². The maximum atomic E-state index is 11.3. The number of rotatable bonds is 4. The number of aliphatic hydroxyl groups excluding tert-OH is 1. The van der Waals surface area contributed by atoms with Crippen molar-refractivity contribution in [3.05, 3.63) is 32.3 Å². The van der Waals surface area contributed by atoms with Gasteiger partial charge in [-0.3, -0.25) is 10.1 Å². The first-order valence-electron chi connectivity index (χ1n) is 7.31. The predicted molar refractivity (Wildman–Crippen MR) is 83.5 cm³/mol. The second kappa shape index (κ2) is 7.22. The number of nitro groups is 1. The predicted octanol–water partition coefficient (Wildman–Crippen LogP) is 4.51. The van der Waals surface area contributed by atoms with Crippen LogP contribution in [-0.4, -0.2) is 16.1 Å². The molecule has 6 heteroatoms. The lowest BCUT2D eigenvalue weighted by atomic mass is 10.1. The molecule has 1 N–H and O–H groups in total. The van der Waals surface area contributed by atoms with E-state index in [1.807, 2.05) is 0 Å². The smallest absolute Gasteiger partial charge is 0.312 e. The Bertz CT molecular complexity index is 511. The van der Waals surface area contributed by atoms with Crippen LogP contribution in [0.5, 0.6) is 5.75 Å². The first-order chi connectivity index (χ1) is 9.99. The van der Waals surface area contributed by atoms with E-state index in [1.54, 1.807) is 13.0 Å². The van der Waals surface area contributed by atoms with Gasteiger partial charge in [0.1, 0.15) is 0 Å². The quantitative estimate of drug-likeness (QED) is 0.488. The number of ether oxygens (including phenoxy) is 1. The molecule has 21 heavy (non-hydrogen) atoms. The summed E-state index contributed by atoms with van der Waals surface area (Å²) in [6.45, 7) is 1.59. The highest BCUT2D eigenvalue weighted by Crippen LogP contribution is 2.39. The zero-order chi connectivity index (χ0) is 15.4. The highest BCUT2D eigenvalue weighted by molar-refractivity contribution is 9.10. The van der Waals surface area contributed by atoms with Gasteiger partial charge >= 0.3 is 5.69 Å². The van der Waals surface area contributed by atoms with Crippen LogP contribution in [0.15, 0.2) is 16.6 Å². The van der Waals surface area contributed by atoms with E-state index < -0.39 is 11.0 Å². The molecule has 0 aliphatic heterocycles. The van der Waals surface area contributed by atoms with Crippen molar-refractivity contribution in [3.63, 3.8) is 0 Å². The number of aliphatic hydroxyl groups is 1. The Morgan fingerprint density at radius 2 is 1.95 bits per heavy atom. The van der Waals surface area contributed by atoms with Crippen molar-refractivity contribution in [3.8, 4) is 5.75 Å². The summed E-state index contributed by atoms with van der Waals surface area (Å²) in [6, 6.07) is 3.11. The van der Waals surface area contributed by atoms with Gasteiger partial charge in [-0.05, 0) is 38.7 Å². The molecule has 2 rings (SSSR count). The van der Waals surface area contributed by atoms with Crippen molar-refractivity contribution in [1.82, 2.24) is 0 Å². The zero-order valence-electron chi connectivity index (χ0n) is 12.0. The molecule has 1 aliphatic rings. The van der Waals surface area contributed by atoms with Crippen molar-refractivity contribution >= 4 is 21.6 Å². The molecule has 1 aromatic carbocycles. The second-order valence-electron chi connectivity index (χ2n) is 5.51. The molecule has 0 bridgehead atoms. The average molecular weight is 358 g/mol. The van der Waals surface area contributed by atoms with Crippen LogP contribution in [0.3, 0.4) is 0 Å². The molecule has 1 saturated carbocycles. The van der Waals surface area contributed by atoms with Gasteiger partial charge < -0.3 is 9.84 Å². The van der Waals surface area contributed by atoms with Gasteiger partial charge in [-0.25, -0.2) is 0 Å². The Morgan fingerprint density at radius 1 is 1.33 bits per heavy atom. The standard InChI is InChI=1S/C15H20BrNO4/c1-10(18)13-8-11(16)9-14(17(19)20)15(13)21-12-6-4-2-3-5-7-12/h8-10,12,18H,2-7H2,1H3. The molecule has 1 aromatic rings. The molecule has 0 spiro atoms. The SMILES string of the molecule is CC(O)c1cc(Br)cc([N+](=O)[O-])c1OC1CCCCCC1. The molecule has 116 valence electrons. The van der Waals surface area contributed by atoms with Gasteiger partial charge in [0.05, 0.1) is 17.1 Å². The second-order valence-corrected chi connectivity index (χ2v) is 6.42.